The molecule has 0 radical (unpaired) electrons. The van der Waals surface area contributed by atoms with Gasteiger partial charge in [0.15, 0.2) is 5.65 Å². The molecule has 0 atom stereocenters. The maximum absolute atomic E-state index is 5.95. The third-order valence-electron chi connectivity index (χ3n) is 4.81. The Labute approximate surface area is 166 Å². The van der Waals surface area contributed by atoms with Crippen molar-refractivity contribution in [3.8, 4) is 11.4 Å². The molecule has 2 aromatic carbocycles. The molecule has 0 N–H and O–H groups in total. The van der Waals surface area contributed by atoms with Crippen molar-refractivity contribution in [2.75, 3.05) is 0 Å². The van der Waals surface area contributed by atoms with Gasteiger partial charge in [-0.3, -0.25) is 4.40 Å². The fourth-order valence-corrected chi connectivity index (χ4v) is 3.64. The van der Waals surface area contributed by atoms with Crippen LogP contribution in [0.2, 0.25) is 0 Å². The highest BCUT2D eigenvalue weighted by molar-refractivity contribution is 6.14. The summed E-state index contributed by atoms with van der Waals surface area (Å²) in [6, 6.07) is 20.3. The quantitative estimate of drug-likeness (QED) is 0.450. The van der Waals surface area contributed by atoms with E-state index in [2.05, 4.69) is 44.0 Å². The monoisotopic (exact) mass is 388 g/mol. The first-order valence-electron chi connectivity index (χ1n) is 9.18. The lowest BCUT2D eigenvalue weighted by Gasteiger charge is -2.07. The Balaban J connectivity index is 1.58. The zero-order valence-corrected chi connectivity index (χ0v) is 15.8. The first-order valence-corrected chi connectivity index (χ1v) is 9.52. The molecule has 0 aliphatic carbocycles. The summed E-state index contributed by atoms with van der Waals surface area (Å²) in [6.45, 7) is 0. The van der Waals surface area contributed by atoms with E-state index in [4.69, 9.17) is 16.8 Å². The Bertz CT molecular complexity index is 1260. The summed E-state index contributed by atoms with van der Waals surface area (Å²) < 4.78 is 3.34. The van der Waals surface area contributed by atoms with Gasteiger partial charge in [-0.1, -0.05) is 42.5 Å². The number of hydrogen-bond acceptors (Lipinski definition) is 4. The normalized spacial score (nSPS) is 11.5. The molecule has 0 amide bonds. The number of nitrogens with zero attached hydrogens (tertiary/aromatic N) is 6. The first kappa shape index (κ1) is 16.9. The van der Waals surface area contributed by atoms with Crippen molar-refractivity contribution in [2.24, 2.45) is 0 Å². The lowest BCUT2D eigenvalue weighted by Crippen LogP contribution is -2.01. The van der Waals surface area contributed by atoms with Crippen LogP contribution >= 0.6 is 11.8 Å². The minimum Gasteiger partial charge on any atom is -0.275 e. The first-order chi connectivity index (χ1) is 13.8. The van der Waals surface area contributed by atoms with Crippen molar-refractivity contribution >= 4 is 28.5 Å². The topological polar surface area (TPSA) is 60.9 Å². The Morgan fingerprint density at radius 2 is 1.68 bits per heavy atom. The van der Waals surface area contributed by atoms with Crippen LogP contribution in [0.1, 0.15) is 17.8 Å². The minimum atomic E-state index is 0.675. The maximum atomic E-state index is 5.95. The smallest absolute Gasteiger partial charge is 0.189 e. The third-order valence-corrected chi connectivity index (χ3v) is 5.00. The molecular weight excluding hydrogens is 372 g/mol. The van der Waals surface area contributed by atoms with E-state index in [-0.39, 0.29) is 0 Å². The van der Waals surface area contributed by atoms with E-state index >= 15 is 0 Å². The SMILES string of the molecule is Cln1ccc(-c2nc3ccccc3n3c(CCCc4ccccc4)nnc23)n1. The molecule has 6 nitrogen and oxygen atoms in total. The summed E-state index contributed by atoms with van der Waals surface area (Å²) >= 11 is 5.95. The van der Waals surface area contributed by atoms with Crippen LogP contribution in [0.25, 0.3) is 28.1 Å². The molecule has 5 rings (SSSR count). The third kappa shape index (κ3) is 3.01. The van der Waals surface area contributed by atoms with E-state index in [0.717, 1.165) is 36.1 Å². The predicted octanol–water partition coefficient (Wildman–Crippen LogP) is 4.32. The standard InChI is InChI=1S/C21H17ClN6/c22-27-14-13-17(26-27)20-21-25-24-19(12-6-9-15-7-2-1-3-8-15)28(21)18-11-5-4-10-16(18)23-20/h1-5,7-8,10-11,13-14H,6,9,12H2. The van der Waals surface area contributed by atoms with Gasteiger partial charge >= 0.3 is 0 Å². The van der Waals surface area contributed by atoms with Crippen LogP contribution in [0.4, 0.5) is 0 Å². The van der Waals surface area contributed by atoms with Crippen LogP contribution in [0.15, 0.2) is 66.9 Å². The average molecular weight is 389 g/mol. The molecule has 0 unspecified atom stereocenters. The van der Waals surface area contributed by atoms with Crippen molar-refractivity contribution in [1.82, 2.24) is 28.9 Å². The van der Waals surface area contributed by atoms with E-state index in [1.54, 1.807) is 6.20 Å². The molecule has 5 aromatic rings. The number of halogens is 1. The zero-order valence-electron chi connectivity index (χ0n) is 15.0. The highest BCUT2D eigenvalue weighted by Gasteiger charge is 2.17. The van der Waals surface area contributed by atoms with Crippen molar-refractivity contribution in [3.63, 3.8) is 0 Å². The number of hydrogen-bond donors (Lipinski definition) is 0. The molecule has 0 bridgehead atoms. The maximum Gasteiger partial charge on any atom is 0.189 e. The summed E-state index contributed by atoms with van der Waals surface area (Å²) in [5.74, 6) is 0.927. The van der Waals surface area contributed by atoms with Crippen LogP contribution in [0.5, 0.6) is 0 Å². The van der Waals surface area contributed by atoms with Crippen molar-refractivity contribution in [2.45, 2.75) is 19.3 Å². The molecule has 28 heavy (non-hydrogen) atoms. The van der Waals surface area contributed by atoms with Crippen molar-refractivity contribution in [1.29, 1.82) is 0 Å². The number of benzene rings is 2. The molecule has 0 aliphatic rings. The molecule has 0 aliphatic heterocycles. The fraction of sp³-hybridized carbons (Fsp3) is 0.143. The van der Waals surface area contributed by atoms with Crippen LogP contribution < -0.4 is 0 Å². The zero-order chi connectivity index (χ0) is 18.9. The van der Waals surface area contributed by atoms with Gasteiger partial charge in [-0.05, 0) is 36.6 Å². The Hall–Kier alpha value is -3.25. The lowest BCUT2D eigenvalue weighted by molar-refractivity contribution is 0.765. The highest BCUT2D eigenvalue weighted by Crippen LogP contribution is 2.26. The second kappa shape index (κ2) is 7.05. The van der Waals surface area contributed by atoms with Gasteiger partial charge in [0.05, 0.1) is 11.0 Å². The Morgan fingerprint density at radius 1 is 0.857 bits per heavy atom. The lowest BCUT2D eigenvalue weighted by atomic mass is 10.1. The molecule has 0 spiro atoms. The summed E-state index contributed by atoms with van der Waals surface area (Å²) in [6.07, 6.45) is 4.50. The number of rotatable bonds is 5. The predicted molar refractivity (Wildman–Crippen MR) is 109 cm³/mol. The van der Waals surface area contributed by atoms with E-state index in [1.807, 2.05) is 36.4 Å². The largest absolute Gasteiger partial charge is 0.275 e. The van der Waals surface area contributed by atoms with Gasteiger partial charge in [0.25, 0.3) is 0 Å². The second-order valence-electron chi connectivity index (χ2n) is 6.65. The molecule has 0 fully saturated rings. The number of aryl methyl sites for hydroxylation is 2. The highest BCUT2D eigenvalue weighted by atomic mass is 35.5. The van der Waals surface area contributed by atoms with Crippen molar-refractivity contribution < 1.29 is 0 Å². The molecule has 3 aromatic heterocycles. The van der Waals surface area contributed by atoms with Gasteiger partial charge in [-0.15, -0.1) is 10.2 Å². The fourth-order valence-electron chi connectivity index (χ4n) is 3.50. The molecule has 7 heteroatoms. The minimum absolute atomic E-state index is 0.675. The summed E-state index contributed by atoms with van der Waals surface area (Å²) in [4.78, 5) is 4.77. The van der Waals surface area contributed by atoms with Crippen LogP contribution in [-0.4, -0.2) is 28.9 Å². The molecule has 0 saturated heterocycles. The molecule has 0 saturated carbocycles. The Kier molecular flexibility index (Phi) is 4.25. The van der Waals surface area contributed by atoms with Gasteiger partial charge in [-0.25, -0.2) is 4.98 Å². The van der Waals surface area contributed by atoms with E-state index in [0.29, 0.717) is 17.0 Å². The van der Waals surface area contributed by atoms with E-state index < -0.39 is 0 Å². The average Bonchev–Trinajstić information content (AvgIpc) is 3.35. The molecule has 3 heterocycles. The molecular formula is C21H17ClN6. The number of para-hydroxylation sites is 2. The van der Waals surface area contributed by atoms with Crippen molar-refractivity contribution in [3.05, 3.63) is 78.2 Å². The number of fused-ring (bicyclic) bond motifs is 3. The van der Waals surface area contributed by atoms with Gasteiger partial charge in [0, 0.05) is 24.4 Å². The van der Waals surface area contributed by atoms with Crippen LogP contribution in [-0.2, 0) is 12.8 Å². The van der Waals surface area contributed by atoms with E-state index in [1.165, 1.54) is 9.76 Å². The van der Waals surface area contributed by atoms with Crippen LogP contribution in [0, 0.1) is 0 Å². The van der Waals surface area contributed by atoms with Crippen LogP contribution in [0.3, 0.4) is 0 Å². The van der Waals surface area contributed by atoms with Gasteiger partial charge < -0.3 is 0 Å². The van der Waals surface area contributed by atoms with Gasteiger partial charge in [-0.2, -0.15) is 9.30 Å². The second-order valence-corrected chi connectivity index (χ2v) is 7.00. The van der Waals surface area contributed by atoms with E-state index in [9.17, 15) is 0 Å². The summed E-state index contributed by atoms with van der Waals surface area (Å²) in [5, 5.41) is 13.2. The molecule has 138 valence electrons. The Morgan fingerprint density at radius 3 is 2.50 bits per heavy atom. The van der Waals surface area contributed by atoms with Gasteiger partial charge in [0.1, 0.15) is 17.2 Å². The summed E-state index contributed by atoms with van der Waals surface area (Å²) in [7, 11) is 0. The summed E-state index contributed by atoms with van der Waals surface area (Å²) in [5.41, 5.74) is 5.25. The van der Waals surface area contributed by atoms with Gasteiger partial charge in [0.2, 0.25) is 0 Å². The number of aromatic nitrogens is 6.